The van der Waals surface area contributed by atoms with Crippen LogP contribution in [0.1, 0.15) is 45.9 Å². The van der Waals surface area contributed by atoms with E-state index >= 15 is 0 Å². The van der Waals surface area contributed by atoms with Gasteiger partial charge in [-0.1, -0.05) is 194 Å². The van der Waals surface area contributed by atoms with Crippen molar-refractivity contribution in [3.05, 3.63) is 282 Å². The summed E-state index contributed by atoms with van der Waals surface area (Å²) in [5.41, 5.74) is 20.8. The van der Waals surface area contributed by atoms with Crippen LogP contribution in [0.2, 0.25) is 0 Å². The smallest absolute Gasteiger partial charge is 0.135 e. The molecule has 1 unspecified atom stereocenters. The zero-order valence-electron chi connectivity index (χ0n) is 35.9. The van der Waals surface area contributed by atoms with Crippen molar-refractivity contribution in [3.8, 4) is 33.4 Å². The van der Waals surface area contributed by atoms with E-state index in [-0.39, 0.29) is 5.41 Å². The Balaban J connectivity index is 1.01. The molecule has 0 N–H and O–H groups in total. The maximum Gasteiger partial charge on any atom is 0.135 e. The monoisotopic (exact) mass is 829 g/mol. The quantitative estimate of drug-likeness (QED) is 0.159. The Labute approximate surface area is 379 Å². The first-order chi connectivity index (χ1) is 32.1. The SMILES string of the molecule is CC1(c2ccccc2)c2ccccc2-c2c(-c3ccc(N(c4ccc5c(c4)C(c4ccccc4)(c4ccccc4)c4ccccc4-5)c4ccc5oc6ccccc6c5c4)cc3)cccc21. The molecule has 2 heteroatoms. The normalized spacial score (nSPS) is 15.3. The molecule has 0 fully saturated rings. The molecule has 1 heterocycles. The van der Waals surface area contributed by atoms with Gasteiger partial charge in [0.2, 0.25) is 0 Å². The predicted octanol–water partition coefficient (Wildman–Crippen LogP) is 16.4. The lowest BCUT2D eigenvalue weighted by atomic mass is 9.67. The van der Waals surface area contributed by atoms with Crippen LogP contribution in [0.25, 0.3) is 55.3 Å². The van der Waals surface area contributed by atoms with E-state index in [9.17, 15) is 0 Å². The minimum absolute atomic E-state index is 0.266. The Bertz CT molecular complexity index is 3570. The van der Waals surface area contributed by atoms with E-state index in [0.717, 1.165) is 39.0 Å². The minimum atomic E-state index is -0.525. The number of anilines is 3. The van der Waals surface area contributed by atoms with Gasteiger partial charge in [0.1, 0.15) is 11.2 Å². The summed E-state index contributed by atoms with van der Waals surface area (Å²) < 4.78 is 6.37. The fraction of sp³-hybridized carbons (Fsp3) is 0.0476. The Morgan fingerprint density at radius 1 is 0.338 bits per heavy atom. The number of fused-ring (bicyclic) bond motifs is 9. The Morgan fingerprint density at radius 2 is 0.862 bits per heavy atom. The summed E-state index contributed by atoms with van der Waals surface area (Å²) in [6.45, 7) is 2.39. The summed E-state index contributed by atoms with van der Waals surface area (Å²) in [6.07, 6.45) is 0. The van der Waals surface area contributed by atoms with Gasteiger partial charge >= 0.3 is 0 Å². The van der Waals surface area contributed by atoms with Crippen molar-refractivity contribution in [1.82, 2.24) is 0 Å². The van der Waals surface area contributed by atoms with E-state index in [1.165, 1.54) is 72.3 Å². The highest BCUT2D eigenvalue weighted by Gasteiger charge is 2.46. The van der Waals surface area contributed by atoms with E-state index < -0.39 is 5.41 Å². The first-order valence-corrected chi connectivity index (χ1v) is 22.6. The van der Waals surface area contributed by atoms with E-state index in [4.69, 9.17) is 4.42 Å². The van der Waals surface area contributed by atoms with Crippen molar-refractivity contribution in [1.29, 1.82) is 0 Å². The van der Waals surface area contributed by atoms with Gasteiger partial charge in [-0.3, -0.25) is 0 Å². The first-order valence-electron chi connectivity index (χ1n) is 22.6. The van der Waals surface area contributed by atoms with Crippen molar-refractivity contribution < 1.29 is 4.42 Å². The lowest BCUT2D eigenvalue weighted by molar-refractivity contribution is 0.669. The lowest BCUT2D eigenvalue weighted by Gasteiger charge is -2.35. The third-order valence-corrected chi connectivity index (χ3v) is 14.4. The standard InChI is InChI=1S/C63H43NO/c1-62(43-18-5-2-6-19-43)55-28-14-12-26-53(55)61-49(27-17-30-57(61)62)42-32-34-46(35-33-42)64(47-37-39-60-54(40-47)52-25-13-16-31-59(52)65-60)48-36-38-51-50-24-11-15-29-56(50)63(58(51)41-48,44-20-7-3-8-21-44)45-22-9-4-10-23-45/h2-41H,1H3. The van der Waals surface area contributed by atoms with E-state index in [1.54, 1.807) is 0 Å². The maximum absolute atomic E-state index is 6.37. The molecule has 11 aromatic rings. The van der Waals surface area contributed by atoms with Gasteiger partial charge in [-0.15, -0.1) is 0 Å². The topological polar surface area (TPSA) is 16.4 Å². The minimum Gasteiger partial charge on any atom is -0.456 e. The lowest BCUT2D eigenvalue weighted by Crippen LogP contribution is -2.28. The molecule has 2 nitrogen and oxygen atoms in total. The Kier molecular flexibility index (Phi) is 8.29. The zero-order chi connectivity index (χ0) is 43.1. The molecule has 1 atom stereocenters. The maximum atomic E-state index is 6.37. The number of benzene rings is 10. The van der Waals surface area contributed by atoms with Crippen molar-refractivity contribution in [2.75, 3.05) is 4.90 Å². The molecule has 0 spiro atoms. The highest BCUT2D eigenvalue weighted by molar-refractivity contribution is 6.06. The molecule has 65 heavy (non-hydrogen) atoms. The molecule has 0 saturated heterocycles. The Hall–Kier alpha value is -8.20. The first kappa shape index (κ1) is 37.4. The van der Waals surface area contributed by atoms with Crippen LogP contribution in [0.15, 0.2) is 247 Å². The second kappa shape index (κ2) is 14.4. The van der Waals surface area contributed by atoms with E-state index in [0.29, 0.717) is 0 Å². The van der Waals surface area contributed by atoms with Gasteiger partial charge in [0.25, 0.3) is 0 Å². The second-order valence-corrected chi connectivity index (χ2v) is 17.7. The van der Waals surface area contributed by atoms with Crippen LogP contribution in [-0.4, -0.2) is 0 Å². The van der Waals surface area contributed by atoms with Gasteiger partial charge in [0, 0.05) is 33.2 Å². The third-order valence-electron chi connectivity index (χ3n) is 14.4. The van der Waals surface area contributed by atoms with Crippen LogP contribution in [0, 0.1) is 0 Å². The van der Waals surface area contributed by atoms with Crippen LogP contribution >= 0.6 is 0 Å². The number of nitrogens with zero attached hydrogens (tertiary/aromatic N) is 1. The summed E-state index contributed by atoms with van der Waals surface area (Å²) in [4.78, 5) is 2.42. The van der Waals surface area contributed by atoms with E-state index in [2.05, 4.69) is 248 Å². The van der Waals surface area contributed by atoms with Crippen molar-refractivity contribution in [2.45, 2.75) is 17.8 Å². The fourth-order valence-electron chi connectivity index (χ4n) is 11.5. The summed E-state index contributed by atoms with van der Waals surface area (Å²) >= 11 is 0. The van der Waals surface area contributed by atoms with Crippen LogP contribution in [0.3, 0.4) is 0 Å². The van der Waals surface area contributed by atoms with Gasteiger partial charge in [0.05, 0.1) is 5.41 Å². The van der Waals surface area contributed by atoms with Crippen LogP contribution in [-0.2, 0) is 10.8 Å². The molecule has 306 valence electrons. The average Bonchev–Trinajstić information content (AvgIpc) is 3.99. The van der Waals surface area contributed by atoms with Crippen molar-refractivity contribution >= 4 is 39.0 Å². The molecule has 0 radical (unpaired) electrons. The molecule has 0 bridgehead atoms. The fourth-order valence-corrected chi connectivity index (χ4v) is 11.5. The molecule has 13 rings (SSSR count). The molecule has 0 amide bonds. The molecule has 2 aliphatic carbocycles. The molecule has 0 aliphatic heterocycles. The van der Waals surface area contributed by atoms with Gasteiger partial charge < -0.3 is 9.32 Å². The summed E-state index contributed by atoms with van der Waals surface area (Å²) in [5.74, 6) is 0. The summed E-state index contributed by atoms with van der Waals surface area (Å²) in [5, 5.41) is 2.20. The number of hydrogen-bond donors (Lipinski definition) is 0. The molecular weight excluding hydrogens is 787 g/mol. The predicted molar refractivity (Wildman–Crippen MR) is 269 cm³/mol. The van der Waals surface area contributed by atoms with Crippen LogP contribution < -0.4 is 4.90 Å². The largest absolute Gasteiger partial charge is 0.456 e. The zero-order valence-corrected chi connectivity index (χ0v) is 35.9. The van der Waals surface area contributed by atoms with Crippen LogP contribution in [0.4, 0.5) is 17.1 Å². The second-order valence-electron chi connectivity index (χ2n) is 17.7. The molecule has 10 aromatic carbocycles. The van der Waals surface area contributed by atoms with Gasteiger partial charge in [-0.2, -0.15) is 0 Å². The number of furan rings is 1. The molecule has 2 aliphatic rings. The highest BCUT2D eigenvalue weighted by atomic mass is 16.3. The highest BCUT2D eigenvalue weighted by Crippen LogP contribution is 2.58. The average molecular weight is 830 g/mol. The van der Waals surface area contributed by atoms with Crippen molar-refractivity contribution in [2.24, 2.45) is 0 Å². The Morgan fingerprint density at radius 3 is 1.60 bits per heavy atom. The molecule has 1 aromatic heterocycles. The number of para-hydroxylation sites is 1. The van der Waals surface area contributed by atoms with Crippen LogP contribution in [0.5, 0.6) is 0 Å². The van der Waals surface area contributed by atoms with Gasteiger partial charge in [-0.25, -0.2) is 0 Å². The van der Waals surface area contributed by atoms with Gasteiger partial charge in [-0.05, 0) is 128 Å². The summed E-state index contributed by atoms with van der Waals surface area (Å²) in [6, 6.07) is 89.1. The molecular formula is C63H43NO. The molecule has 0 saturated carbocycles. The third kappa shape index (κ3) is 5.41. The van der Waals surface area contributed by atoms with E-state index in [1.807, 2.05) is 6.07 Å². The number of hydrogen-bond acceptors (Lipinski definition) is 2. The summed E-state index contributed by atoms with van der Waals surface area (Å²) in [7, 11) is 0. The van der Waals surface area contributed by atoms with Gasteiger partial charge in [0.15, 0.2) is 0 Å². The van der Waals surface area contributed by atoms with Crippen molar-refractivity contribution in [3.63, 3.8) is 0 Å². The number of rotatable bonds is 7.